The van der Waals surface area contributed by atoms with Crippen molar-refractivity contribution < 1.29 is 14.3 Å². The summed E-state index contributed by atoms with van der Waals surface area (Å²) >= 11 is 6.14. The van der Waals surface area contributed by atoms with Crippen molar-refractivity contribution in [3.05, 3.63) is 59.9 Å². The Hall–Kier alpha value is -3.19. The summed E-state index contributed by atoms with van der Waals surface area (Å²) in [5.74, 6) is 1.26. The fourth-order valence-electron chi connectivity index (χ4n) is 2.42. The second-order valence-electron chi connectivity index (χ2n) is 5.27. The molecule has 0 atom stereocenters. The van der Waals surface area contributed by atoms with E-state index in [0.717, 1.165) is 5.69 Å². The molecule has 0 aliphatic carbocycles. The standard InChI is InChI=1S/C17H13ClN4O3/c18-13-3-1-2-4-14(13)22-9-12(8-19-22)21-17(23)20-11-5-6-15-16(7-11)25-10-24-15/h1-9H,10H2,(H2,20,21,23). The monoisotopic (exact) mass is 356 g/mol. The molecular formula is C17H13ClN4O3. The number of urea groups is 1. The predicted octanol–water partition coefficient (Wildman–Crippen LogP) is 3.90. The lowest BCUT2D eigenvalue weighted by atomic mass is 10.3. The van der Waals surface area contributed by atoms with E-state index >= 15 is 0 Å². The number of ether oxygens (including phenoxy) is 2. The highest BCUT2D eigenvalue weighted by Gasteiger charge is 2.14. The van der Waals surface area contributed by atoms with Gasteiger partial charge in [-0.25, -0.2) is 9.48 Å². The highest BCUT2D eigenvalue weighted by atomic mass is 35.5. The molecule has 1 aromatic heterocycles. The smallest absolute Gasteiger partial charge is 0.323 e. The molecule has 126 valence electrons. The number of benzene rings is 2. The van der Waals surface area contributed by atoms with Crippen LogP contribution in [0.4, 0.5) is 16.2 Å². The van der Waals surface area contributed by atoms with Gasteiger partial charge in [-0.2, -0.15) is 5.10 Å². The maximum atomic E-state index is 12.1. The molecular weight excluding hydrogens is 344 g/mol. The van der Waals surface area contributed by atoms with Crippen LogP contribution in [0.15, 0.2) is 54.9 Å². The van der Waals surface area contributed by atoms with Crippen molar-refractivity contribution in [3.63, 3.8) is 0 Å². The Bertz CT molecular complexity index is 941. The molecule has 1 aliphatic heterocycles. The molecule has 0 spiro atoms. The minimum atomic E-state index is -0.391. The number of para-hydroxylation sites is 1. The highest BCUT2D eigenvalue weighted by molar-refractivity contribution is 6.32. The number of nitrogens with zero attached hydrogens (tertiary/aromatic N) is 2. The van der Waals surface area contributed by atoms with E-state index in [1.165, 1.54) is 0 Å². The van der Waals surface area contributed by atoms with Crippen molar-refractivity contribution in [1.29, 1.82) is 0 Å². The Morgan fingerprint density at radius 2 is 1.88 bits per heavy atom. The average molecular weight is 357 g/mol. The second kappa shape index (κ2) is 6.37. The maximum Gasteiger partial charge on any atom is 0.323 e. The molecule has 0 radical (unpaired) electrons. The third-order valence-corrected chi connectivity index (χ3v) is 3.89. The summed E-state index contributed by atoms with van der Waals surface area (Å²) in [6.07, 6.45) is 3.23. The minimum Gasteiger partial charge on any atom is -0.454 e. The number of amides is 2. The van der Waals surface area contributed by atoms with Crippen LogP contribution in [-0.2, 0) is 0 Å². The Labute approximate surface area is 148 Å². The molecule has 0 unspecified atom stereocenters. The van der Waals surface area contributed by atoms with Crippen LogP contribution in [-0.4, -0.2) is 22.6 Å². The quantitative estimate of drug-likeness (QED) is 0.746. The topological polar surface area (TPSA) is 77.4 Å². The third-order valence-electron chi connectivity index (χ3n) is 3.57. The van der Waals surface area contributed by atoms with E-state index in [4.69, 9.17) is 21.1 Å². The van der Waals surface area contributed by atoms with Crippen molar-refractivity contribution in [2.45, 2.75) is 0 Å². The summed E-state index contributed by atoms with van der Waals surface area (Å²) in [7, 11) is 0. The molecule has 25 heavy (non-hydrogen) atoms. The first-order chi connectivity index (χ1) is 12.2. The summed E-state index contributed by atoms with van der Waals surface area (Å²) in [5, 5.41) is 10.2. The number of aromatic nitrogens is 2. The molecule has 0 saturated heterocycles. The van der Waals surface area contributed by atoms with Gasteiger partial charge in [0, 0.05) is 11.8 Å². The maximum absolute atomic E-state index is 12.1. The molecule has 0 saturated carbocycles. The number of rotatable bonds is 3. The Morgan fingerprint density at radius 3 is 2.76 bits per heavy atom. The van der Waals surface area contributed by atoms with Gasteiger partial charge >= 0.3 is 6.03 Å². The molecule has 1 aliphatic rings. The van der Waals surface area contributed by atoms with Gasteiger partial charge in [-0.15, -0.1) is 0 Å². The molecule has 3 aromatic rings. The van der Waals surface area contributed by atoms with Crippen LogP contribution in [0.3, 0.4) is 0 Å². The van der Waals surface area contributed by atoms with Crippen molar-refractivity contribution in [1.82, 2.24) is 9.78 Å². The van der Waals surface area contributed by atoms with E-state index in [9.17, 15) is 4.79 Å². The third kappa shape index (κ3) is 3.22. The average Bonchev–Trinajstić information content (AvgIpc) is 3.24. The van der Waals surface area contributed by atoms with E-state index in [-0.39, 0.29) is 6.79 Å². The number of carbonyl (C=O) groups excluding carboxylic acids is 1. The molecule has 2 aromatic carbocycles. The Balaban J connectivity index is 1.44. The molecule has 0 fully saturated rings. The number of fused-ring (bicyclic) bond motifs is 1. The fraction of sp³-hybridized carbons (Fsp3) is 0.0588. The molecule has 4 rings (SSSR count). The van der Waals surface area contributed by atoms with Crippen LogP contribution in [0.1, 0.15) is 0 Å². The van der Waals surface area contributed by atoms with Crippen molar-refractivity contribution in [3.8, 4) is 17.2 Å². The number of hydrogen-bond acceptors (Lipinski definition) is 4. The van der Waals surface area contributed by atoms with Crippen LogP contribution in [0.2, 0.25) is 5.02 Å². The summed E-state index contributed by atoms with van der Waals surface area (Å²) in [6.45, 7) is 0.187. The van der Waals surface area contributed by atoms with Gasteiger partial charge in [-0.1, -0.05) is 23.7 Å². The lowest BCUT2D eigenvalue weighted by Gasteiger charge is -2.07. The zero-order valence-electron chi connectivity index (χ0n) is 12.9. The predicted molar refractivity (Wildman–Crippen MR) is 93.8 cm³/mol. The van der Waals surface area contributed by atoms with Gasteiger partial charge in [0.2, 0.25) is 6.79 Å². The molecule has 2 N–H and O–H groups in total. The molecule has 0 bridgehead atoms. The summed E-state index contributed by atoms with van der Waals surface area (Å²) in [6, 6.07) is 12.1. The van der Waals surface area contributed by atoms with Crippen LogP contribution in [0.25, 0.3) is 5.69 Å². The lowest BCUT2D eigenvalue weighted by Crippen LogP contribution is -2.19. The first kappa shape index (κ1) is 15.3. The number of hydrogen-bond donors (Lipinski definition) is 2. The van der Waals surface area contributed by atoms with Crippen LogP contribution < -0.4 is 20.1 Å². The molecule has 8 heteroatoms. The zero-order valence-corrected chi connectivity index (χ0v) is 13.7. The number of nitrogens with one attached hydrogen (secondary N) is 2. The van der Waals surface area contributed by atoms with Gasteiger partial charge in [0.15, 0.2) is 11.5 Å². The summed E-state index contributed by atoms with van der Waals surface area (Å²) in [5.41, 5.74) is 1.87. The van der Waals surface area contributed by atoms with Gasteiger partial charge in [-0.3, -0.25) is 0 Å². The van der Waals surface area contributed by atoms with Crippen LogP contribution >= 0.6 is 11.6 Å². The van der Waals surface area contributed by atoms with Crippen molar-refractivity contribution >= 4 is 29.0 Å². The highest BCUT2D eigenvalue weighted by Crippen LogP contribution is 2.34. The first-order valence-electron chi connectivity index (χ1n) is 7.46. The fourth-order valence-corrected chi connectivity index (χ4v) is 2.65. The van der Waals surface area contributed by atoms with Gasteiger partial charge < -0.3 is 20.1 Å². The number of halogens is 1. The minimum absolute atomic E-state index is 0.187. The van der Waals surface area contributed by atoms with Crippen LogP contribution in [0, 0.1) is 0 Å². The van der Waals surface area contributed by atoms with Gasteiger partial charge in [0.25, 0.3) is 0 Å². The normalized spacial score (nSPS) is 12.0. The van der Waals surface area contributed by atoms with Crippen LogP contribution in [0.5, 0.6) is 11.5 Å². The van der Waals surface area contributed by atoms with Crippen molar-refractivity contribution in [2.24, 2.45) is 0 Å². The van der Waals surface area contributed by atoms with E-state index in [2.05, 4.69) is 15.7 Å². The Morgan fingerprint density at radius 1 is 1.08 bits per heavy atom. The first-order valence-corrected chi connectivity index (χ1v) is 7.84. The largest absolute Gasteiger partial charge is 0.454 e. The second-order valence-corrected chi connectivity index (χ2v) is 5.68. The molecule has 2 amide bonds. The van der Waals surface area contributed by atoms with Gasteiger partial charge in [-0.05, 0) is 24.3 Å². The van der Waals surface area contributed by atoms with E-state index in [1.54, 1.807) is 41.3 Å². The Kier molecular flexibility index (Phi) is 3.91. The lowest BCUT2D eigenvalue weighted by molar-refractivity contribution is 0.174. The number of carbonyl (C=O) groups is 1. The molecule has 2 heterocycles. The van der Waals surface area contributed by atoms with E-state index in [1.807, 2.05) is 18.2 Å². The SMILES string of the molecule is O=C(Nc1ccc2c(c1)OCO2)Nc1cnn(-c2ccccc2Cl)c1. The summed E-state index contributed by atoms with van der Waals surface area (Å²) < 4.78 is 12.1. The van der Waals surface area contributed by atoms with E-state index in [0.29, 0.717) is 27.9 Å². The number of anilines is 2. The van der Waals surface area contributed by atoms with Crippen molar-refractivity contribution in [2.75, 3.05) is 17.4 Å². The summed E-state index contributed by atoms with van der Waals surface area (Å²) in [4.78, 5) is 12.1. The van der Waals surface area contributed by atoms with Gasteiger partial charge in [0.05, 0.1) is 28.8 Å². The van der Waals surface area contributed by atoms with Gasteiger partial charge in [0.1, 0.15) is 0 Å². The van der Waals surface area contributed by atoms with E-state index < -0.39 is 6.03 Å². The zero-order chi connectivity index (χ0) is 17.2. The molecule has 7 nitrogen and oxygen atoms in total.